The van der Waals surface area contributed by atoms with Crippen molar-refractivity contribution in [2.75, 3.05) is 7.11 Å². The minimum absolute atomic E-state index is 0.233. The van der Waals surface area contributed by atoms with Gasteiger partial charge in [-0.2, -0.15) is 0 Å². The number of alkyl carbamates (subject to hydrolysis) is 1. The number of nitrogens with one attached hydrogen (secondary N) is 1. The second-order valence-electron chi connectivity index (χ2n) is 4.47. The quantitative estimate of drug-likeness (QED) is 0.730. The highest BCUT2D eigenvalue weighted by Crippen LogP contribution is 2.18. The van der Waals surface area contributed by atoms with Crippen molar-refractivity contribution >= 4 is 11.9 Å². The molecule has 0 aliphatic rings. The number of methoxy groups -OCH3 is 1. The van der Waals surface area contributed by atoms with E-state index in [1.165, 1.54) is 14.0 Å². The molecule has 15 heavy (non-hydrogen) atoms. The van der Waals surface area contributed by atoms with E-state index in [2.05, 4.69) is 10.1 Å². The van der Waals surface area contributed by atoms with Crippen LogP contribution in [0.2, 0.25) is 0 Å². The zero-order chi connectivity index (χ0) is 12.2. The molecule has 5 nitrogen and oxygen atoms in total. The molecule has 0 aromatic heterocycles. The molecule has 0 heterocycles. The van der Waals surface area contributed by atoms with Gasteiger partial charge in [0.2, 0.25) is 0 Å². The Hall–Kier alpha value is -1.10. The van der Waals surface area contributed by atoms with E-state index in [4.69, 9.17) is 0 Å². The first kappa shape index (κ1) is 13.9. The smallest absolute Gasteiger partial charge is 0.407 e. The Labute approximate surface area is 89.8 Å². The normalized spacial score (nSPS) is 15.3. The number of carbonyl (C=O) groups excluding carboxylic acids is 2. The van der Waals surface area contributed by atoms with Gasteiger partial charge >= 0.3 is 6.09 Å². The third-order valence-corrected chi connectivity index (χ3v) is 1.96. The van der Waals surface area contributed by atoms with Gasteiger partial charge in [0.05, 0.1) is 13.2 Å². The second kappa shape index (κ2) is 5.11. The first-order chi connectivity index (χ1) is 6.70. The summed E-state index contributed by atoms with van der Waals surface area (Å²) in [6, 6.07) is -0.933. The van der Waals surface area contributed by atoms with E-state index in [0.29, 0.717) is 0 Å². The van der Waals surface area contributed by atoms with Crippen LogP contribution in [-0.4, -0.2) is 36.2 Å². The van der Waals surface area contributed by atoms with Gasteiger partial charge in [0.1, 0.15) is 6.04 Å². The first-order valence-corrected chi connectivity index (χ1v) is 4.77. The van der Waals surface area contributed by atoms with Crippen LogP contribution in [0.15, 0.2) is 0 Å². The third kappa shape index (κ3) is 4.29. The molecule has 0 saturated heterocycles. The van der Waals surface area contributed by atoms with Crippen LogP contribution >= 0.6 is 0 Å². The number of ether oxygens (including phenoxy) is 1. The van der Waals surface area contributed by atoms with Crippen LogP contribution in [0.5, 0.6) is 0 Å². The number of ketones is 1. The number of hydrogen-bond donors (Lipinski definition) is 2. The van der Waals surface area contributed by atoms with Gasteiger partial charge in [0, 0.05) is 5.41 Å². The fraction of sp³-hybridized carbons (Fsp3) is 0.800. The summed E-state index contributed by atoms with van der Waals surface area (Å²) < 4.78 is 4.38. The van der Waals surface area contributed by atoms with Crippen molar-refractivity contribution in [3.8, 4) is 0 Å². The monoisotopic (exact) mass is 217 g/mol. The van der Waals surface area contributed by atoms with Crippen molar-refractivity contribution in [1.82, 2.24) is 5.32 Å². The fourth-order valence-electron chi connectivity index (χ4n) is 1.06. The topological polar surface area (TPSA) is 75.6 Å². The molecule has 1 amide bonds. The molecule has 88 valence electrons. The lowest BCUT2D eigenvalue weighted by Crippen LogP contribution is -2.51. The molecule has 0 fully saturated rings. The van der Waals surface area contributed by atoms with Crippen LogP contribution in [0.3, 0.4) is 0 Å². The van der Waals surface area contributed by atoms with Gasteiger partial charge in [-0.15, -0.1) is 0 Å². The van der Waals surface area contributed by atoms with Crippen LogP contribution in [0.4, 0.5) is 4.79 Å². The van der Waals surface area contributed by atoms with Gasteiger partial charge < -0.3 is 15.2 Å². The molecule has 0 aromatic carbocycles. The Morgan fingerprint density at radius 2 is 1.80 bits per heavy atom. The minimum Gasteiger partial charge on any atom is -0.453 e. The van der Waals surface area contributed by atoms with Crippen LogP contribution in [0, 0.1) is 5.41 Å². The Morgan fingerprint density at radius 1 is 1.33 bits per heavy atom. The first-order valence-electron chi connectivity index (χ1n) is 4.77. The summed E-state index contributed by atoms with van der Waals surface area (Å²) in [4.78, 5) is 22.8. The van der Waals surface area contributed by atoms with Crippen molar-refractivity contribution in [1.29, 1.82) is 0 Å². The highest BCUT2D eigenvalue weighted by Gasteiger charge is 2.33. The average molecular weight is 217 g/mol. The molecule has 0 aliphatic heterocycles. The molecular formula is C10H19NO4. The predicted molar refractivity (Wildman–Crippen MR) is 55.5 cm³/mol. The number of rotatable bonds is 3. The predicted octanol–water partition coefficient (Wildman–Crippen LogP) is 0.707. The van der Waals surface area contributed by atoms with Gasteiger partial charge in [0.15, 0.2) is 5.78 Å². The van der Waals surface area contributed by atoms with Crippen LogP contribution in [-0.2, 0) is 9.53 Å². The SMILES string of the molecule is COC(=O)N[C@H](C(=O)C(C)(C)C)C(C)O. The molecule has 5 heteroatoms. The van der Waals surface area contributed by atoms with E-state index in [9.17, 15) is 14.7 Å². The van der Waals surface area contributed by atoms with E-state index in [1.54, 1.807) is 20.8 Å². The second-order valence-corrected chi connectivity index (χ2v) is 4.47. The Balaban J connectivity index is 4.68. The lowest BCUT2D eigenvalue weighted by Gasteiger charge is -2.26. The van der Waals surface area contributed by atoms with Crippen LogP contribution < -0.4 is 5.32 Å². The van der Waals surface area contributed by atoms with E-state index in [-0.39, 0.29) is 5.78 Å². The summed E-state index contributed by atoms with van der Waals surface area (Å²) in [5.41, 5.74) is -0.622. The maximum Gasteiger partial charge on any atom is 0.407 e. The number of aliphatic hydroxyl groups is 1. The molecule has 0 bridgehead atoms. The Bertz CT molecular complexity index is 242. The molecule has 0 radical (unpaired) electrons. The highest BCUT2D eigenvalue weighted by molar-refractivity contribution is 5.91. The van der Waals surface area contributed by atoms with Crippen LogP contribution in [0.25, 0.3) is 0 Å². The number of hydrogen-bond acceptors (Lipinski definition) is 4. The largest absolute Gasteiger partial charge is 0.453 e. The molecule has 2 N–H and O–H groups in total. The highest BCUT2D eigenvalue weighted by atomic mass is 16.5. The summed E-state index contributed by atoms with van der Waals surface area (Å²) >= 11 is 0. The molecule has 2 atom stereocenters. The Kier molecular flexibility index (Phi) is 4.74. The average Bonchev–Trinajstić information content (AvgIpc) is 2.10. The summed E-state index contributed by atoms with van der Waals surface area (Å²) in [7, 11) is 1.20. The molecule has 0 aromatic rings. The summed E-state index contributed by atoms with van der Waals surface area (Å²) in [5, 5.41) is 11.7. The maximum atomic E-state index is 11.8. The Morgan fingerprint density at radius 3 is 2.07 bits per heavy atom. The zero-order valence-corrected chi connectivity index (χ0v) is 9.83. The third-order valence-electron chi connectivity index (χ3n) is 1.96. The zero-order valence-electron chi connectivity index (χ0n) is 9.83. The summed E-state index contributed by atoms with van der Waals surface area (Å²) in [5.74, 6) is -0.233. The standard InChI is InChI=1S/C10H19NO4/c1-6(12)7(11-9(14)15-5)8(13)10(2,3)4/h6-7,12H,1-5H3,(H,11,14)/t6?,7-/m0/s1. The number of Topliss-reactive ketones (excluding diaryl/α,β-unsaturated/α-hetero) is 1. The van der Waals surface area contributed by atoms with E-state index in [0.717, 1.165) is 0 Å². The van der Waals surface area contributed by atoms with Crippen molar-refractivity contribution in [2.45, 2.75) is 39.8 Å². The minimum atomic E-state index is -0.948. The van der Waals surface area contributed by atoms with Gasteiger partial charge in [0.25, 0.3) is 0 Å². The lowest BCUT2D eigenvalue weighted by atomic mass is 9.85. The molecule has 0 saturated carbocycles. The number of amides is 1. The van der Waals surface area contributed by atoms with Gasteiger partial charge in [-0.05, 0) is 6.92 Å². The van der Waals surface area contributed by atoms with Gasteiger partial charge in [-0.1, -0.05) is 20.8 Å². The van der Waals surface area contributed by atoms with Gasteiger partial charge in [-0.25, -0.2) is 4.79 Å². The van der Waals surface area contributed by atoms with Gasteiger partial charge in [-0.3, -0.25) is 4.79 Å². The van der Waals surface area contributed by atoms with Crippen molar-refractivity contribution in [3.05, 3.63) is 0 Å². The van der Waals surface area contributed by atoms with Crippen LogP contribution in [0.1, 0.15) is 27.7 Å². The van der Waals surface area contributed by atoms with E-state index in [1.807, 2.05) is 0 Å². The molecule has 1 unspecified atom stereocenters. The molecule has 0 rings (SSSR count). The molecule has 0 aliphatic carbocycles. The molecule has 0 spiro atoms. The van der Waals surface area contributed by atoms with Crippen molar-refractivity contribution < 1.29 is 19.4 Å². The molecular weight excluding hydrogens is 198 g/mol. The lowest BCUT2D eigenvalue weighted by molar-refractivity contribution is -0.130. The van der Waals surface area contributed by atoms with Crippen molar-refractivity contribution in [2.24, 2.45) is 5.41 Å². The summed E-state index contributed by atoms with van der Waals surface area (Å²) in [6.07, 6.45) is -1.67. The summed E-state index contributed by atoms with van der Waals surface area (Å²) in [6.45, 7) is 6.63. The number of carbonyl (C=O) groups is 2. The fourth-order valence-corrected chi connectivity index (χ4v) is 1.06. The van der Waals surface area contributed by atoms with E-state index >= 15 is 0 Å². The van der Waals surface area contributed by atoms with E-state index < -0.39 is 23.7 Å². The number of aliphatic hydroxyl groups excluding tert-OH is 1. The van der Waals surface area contributed by atoms with Crippen molar-refractivity contribution in [3.63, 3.8) is 0 Å². The maximum absolute atomic E-state index is 11.8.